The summed E-state index contributed by atoms with van der Waals surface area (Å²) in [5, 5.41) is 10.2. The van der Waals surface area contributed by atoms with Crippen LogP contribution >= 0.6 is 12.2 Å². The lowest BCUT2D eigenvalue weighted by atomic mass is 10.2. The number of benzene rings is 2. The van der Waals surface area contributed by atoms with Crippen molar-refractivity contribution in [1.29, 1.82) is 0 Å². The molecule has 0 heterocycles. The maximum absolute atomic E-state index is 12.1. The molecule has 0 saturated heterocycles. The summed E-state index contributed by atoms with van der Waals surface area (Å²) in [6.07, 6.45) is 1.62. The van der Waals surface area contributed by atoms with E-state index in [-0.39, 0.29) is 12.5 Å². The van der Waals surface area contributed by atoms with E-state index < -0.39 is 0 Å². The molecule has 0 unspecified atom stereocenters. The van der Waals surface area contributed by atoms with Crippen LogP contribution in [-0.4, -0.2) is 37.0 Å². The Morgan fingerprint density at radius 1 is 1.11 bits per heavy atom. The molecule has 0 aliphatic heterocycles. The summed E-state index contributed by atoms with van der Waals surface area (Å²) in [4.78, 5) is 12.1. The standard InChI is InChI=1S/C20H24N4O3S/c1-3-21-20(28)24-22-13-15-10-11-17(18(12-15)26-4-2)27-14-19(25)23-16-8-6-5-7-9-16/h5-13H,3-4,14H2,1-2H3,(H,23,25)(H2,21,24,28)/b22-13-. The van der Waals surface area contributed by atoms with Crippen LogP contribution in [-0.2, 0) is 4.79 Å². The predicted octanol–water partition coefficient (Wildman–Crippen LogP) is 2.92. The van der Waals surface area contributed by atoms with Crippen molar-refractivity contribution >= 4 is 35.1 Å². The van der Waals surface area contributed by atoms with E-state index in [1.54, 1.807) is 18.3 Å². The maximum atomic E-state index is 12.1. The van der Waals surface area contributed by atoms with Gasteiger partial charge in [-0.05, 0) is 62.0 Å². The fraction of sp³-hybridized carbons (Fsp3) is 0.250. The molecule has 2 rings (SSSR count). The molecule has 2 aromatic carbocycles. The number of nitrogens with zero attached hydrogens (tertiary/aromatic N) is 1. The van der Waals surface area contributed by atoms with E-state index in [4.69, 9.17) is 21.7 Å². The Balaban J connectivity index is 1.96. The molecule has 2 aromatic rings. The number of carbonyl (C=O) groups excluding carboxylic acids is 1. The first kappa shape index (κ1) is 21.2. The number of hydrogen-bond acceptors (Lipinski definition) is 5. The summed E-state index contributed by atoms with van der Waals surface area (Å²) >= 11 is 5.04. The van der Waals surface area contributed by atoms with E-state index in [2.05, 4.69) is 21.2 Å². The average Bonchev–Trinajstić information content (AvgIpc) is 2.68. The molecule has 0 saturated carbocycles. The fourth-order valence-electron chi connectivity index (χ4n) is 2.22. The number of para-hydroxylation sites is 1. The number of amides is 1. The van der Waals surface area contributed by atoms with Gasteiger partial charge in [-0.2, -0.15) is 5.10 Å². The Labute approximate surface area is 170 Å². The summed E-state index contributed by atoms with van der Waals surface area (Å²) in [7, 11) is 0. The van der Waals surface area contributed by atoms with Gasteiger partial charge in [-0.15, -0.1) is 0 Å². The third-order valence-electron chi connectivity index (χ3n) is 3.40. The number of ether oxygens (including phenoxy) is 2. The Bertz CT molecular complexity index is 812. The second-order valence-corrected chi connectivity index (χ2v) is 5.98. The van der Waals surface area contributed by atoms with Crippen LogP contribution < -0.4 is 25.5 Å². The van der Waals surface area contributed by atoms with Crippen molar-refractivity contribution < 1.29 is 14.3 Å². The monoisotopic (exact) mass is 400 g/mol. The molecule has 0 aliphatic rings. The molecule has 0 bridgehead atoms. The molecule has 1 amide bonds. The number of hydrogen-bond donors (Lipinski definition) is 3. The van der Waals surface area contributed by atoms with Crippen LogP contribution in [0.15, 0.2) is 53.6 Å². The number of rotatable bonds is 9. The van der Waals surface area contributed by atoms with Crippen LogP contribution in [0.4, 0.5) is 5.69 Å². The van der Waals surface area contributed by atoms with E-state index in [9.17, 15) is 4.79 Å². The molecule has 148 valence electrons. The Morgan fingerprint density at radius 2 is 1.89 bits per heavy atom. The fourth-order valence-corrected chi connectivity index (χ4v) is 2.42. The van der Waals surface area contributed by atoms with Gasteiger partial charge in [0.1, 0.15) is 0 Å². The normalized spacial score (nSPS) is 10.4. The van der Waals surface area contributed by atoms with Gasteiger partial charge in [-0.3, -0.25) is 10.2 Å². The van der Waals surface area contributed by atoms with Gasteiger partial charge < -0.3 is 20.1 Å². The highest BCUT2D eigenvalue weighted by Gasteiger charge is 2.09. The molecule has 0 aliphatic carbocycles. The van der Waals surface area contributed by atoms with Gasteiger partial charge in [0.05, 0.1) is 12.8 Å². The van der Waals surface area contributed by atoms with Crippen LogP contribution in [0.25, 0.3) is 0 Å². The zero-order chi connectivity index (χ0) is 20.2. The summed E-state index contributed by atoms with van der Waals surface area (Å²) in [5.41, 5.74) is 4.25. The molecule has 7 nitrogen and oxygen atoms in total. The predicted molar refractivity (Wildman–Crippen MR) is 115 cm³/mol. The first-order chi connectivity index (χ1) is 13.6. The first-order valence-corrected chi connectivity index (χ1v) is 9.34. The Kier molecular flexibility index (Phi) is 8.74. The van der Waals surface area contributed by atoms with Crippen molar-refractivity contribution in [2.75, 3.05) is 25.1 Å². The van der Waals surface area contributed by atoms with Gasteiger partial charge >= 0.3 is 0 Å². The van der Waals surface area contributed by atoms with Crippen LogP contribution in [0, 0.1) is 0 Å². The molecule has 0 fully saturated rings. The molecular weight excluding hydrogens is 376 g/mol. The summed E-state index contributed by atoms with van der Waals surface area (Å²) in [5.74, 6) is 0.770. The third kappa shape index (κ3) is 7.24. The number of thiocarbonyl (C=S) groups is 1. The van der Waals surface area contributed by atoms with Gasteiger partial charge in [0.15, 0.2) is 23.2 Å². The second kappa shape index (κ2) is 11.6. The number of carbonyl (C=O) groups is 1. The third-order valence-corrected chi connectivity index (χ3v) is 3.64. The number of nitrogens with one attached hydrogen (secondary N) is 3. The molecular formula is C20H24N4O3S. The van der Waals surface area contributed by atoms with Crippen LogP contribution in [0.5, 0.6) is 11.5 Å². The first-order valence-electron chi connectivity index (χ1n) is 8.93. The van der Waals surface area contributed by atoms with E-state index in [0.29, 0.717) is 23.2 Å². The smallest absolute Gasteiger partial charge is 0.262 e. The summed E-state index contributed by atoms with van der Waals surface area (Å²) in [6, 6.07) is 14.6. The number of hydrazone groups is 1. The Hall–Kier alpha value is -3.13. The van der Waals surface area contributed by atoms with Crippen LogP contribution in [0.2, 0.25) is 0 Å². The second-order valence-electron chi connectivity index (χ2n) is 5.57. The minimum atomic E-state index is -0.250. The Morgan fingerprint density at radius 3 is 2.61 bits per heavy atom. The van der Waals surface area contributed by atoms with E-state index in [1.807, 2.05) is 50.2 Å². The van der Waals surface area contributed by atoms with Crippen molar-refractivity contribution in [3.8, 4) is 11.5 Å². The van der Waals surface area contributed by atoms with Gasteiger partial charge in [-0.25, -0.2) is 0 Å². The maximum Gasteiger partial charge on any atom is 0.262 e. The molecule has 0 atom stereocenters. The molecule has 3 N–H and O–H groups in total. The van der Waals surface area contributed by atoms with Crippen molar-refractivity contribution in [1.82, 2.24) is 10.7 Å². The molecule has 28 heavy (non-hydrogen) atoms. The van der Waals surface area contributed by atoms with Crippen molar-refractivity contribution in [3.05, 3.63) is 54.1 Å². The van der Waals surface area contributed by atoms with Gasteiger partial charge in [-0.1, -0.05) is 18.2 Å². The highest BCUT2D eigenvalue weighted by Crippen LogP contribution is 2.28. The average molecular weight is 401 g/mol. The zero-order valence-electron chi connectivity index (χ0n) is 15.9. The van der Waals surface area contributed by atoms with Crippen LogP contribution in [0.3, 0.4) is 0 Å². The summed E-state index contributed by atoms with van der Waals surface area (Å²) < 4.78 is 11.2. The topological polar surface area (TPSA) is 84.0 Å². The molecule has 8 heteroatoms. The SMILES string of the molecule is CCNC(=S)N/N=C\c1ccc(OCC(=O)Nc2ccccc2)c(OCC)c1. The minimum Gasteiger partial charge on any atom is -0.490 e. The quantitative estimate of drug-likeness (QED) is 0.341. The van der Waals surface area contributed by atoms with Gasteiger partial charge in [0.25, 0.3) is 5.91 Å². The summed E-state index contributed by atoms with van der Waals surface area (Å²) in [6.45, 7) is 4.89. The van der Waals surface area contributed by atoms with Crippen molar-refractivity contribution in [2.24, 2.45) is 5.10 Å². The molecule has 0 spiro atoms. The zero-order valence-corrected chi connectivity index (χ0v) is 16.7. The highest BCUT2D eigenvalue weighted by molar-refractivity contribution is 7.80. The van der Waals surface area contributed by atoms with Crippen molar-refractivity contribution in [3.63, 3.8) is 0 Å². The highest BCUT2D eigenvalue weighted by atomic mass is 32.1. The van der Waals surface area contributed by atoms with E-state index in [1.165, 1.54) is 0 Å². The van der Waals surface area contributed by atoms with Crippen molar-refractivity contribution in [2.45, 2.75) is 13.8 Å². The lowest BCUT2D eigenvalue weighted by Gasteiger charge is -2.12. The minimum absolute atomic E-state index is 0.124. The molecule has 0 aromatic heterocycles. The molecule has 0 radical (unpaired) electrons. The lowest BCUT2D eigenvalue weighted by Crippen LogP contribution is -2.31. The van der Waals surface area contributed by atoms with Gasteiger partial charge in [0, 0.05) is 12.2 Å². The lowest BCUT2D eigenvalue weighted by molar-refractivity contribution is -0.118. The van der Waals surface area contributed by atoms with Gasteiger partial charge in [0.2, 0.25) is 0 Å². The largest absolute Gasteiger partial charge is 0.490 e. The van der Waals surface area contributed by atoms with E-state index in [0.717, 1.165) is 17.8 Å². The van der Waals surface area contributed by atoms with E-state index >= 15 is 0 Å². The number of anilines is 1. The van der Waals surface area contributed by atoms with Crippen LogP contribution in [0.1, 0.15) is 19.4 Å².